The van der Waals surface area contributed by atoms with Gasteiger partial charge in [0, 0.05) is 32.7 Å². The molecule has 1 aliphatic carbocycles. The maximum absolute atomic E-state index is 11.4. The number of fused-ring (bicyclic) bond motifs is 1. The number of carboxylic acids is 1. The van der Waals surface area contributed by atoms with Crippen molar-refractivity contribution in [1.29, 1.82) is 0 Å². The fourth-order valence-corrected chi connectivity index (χ4v) is 5.26. The van der Waals surface area contributed by atoms with Gasteiger partial charge in [-0.2, -0.15) is 0 Å². The Morgan fingerprint density at radius 2 is 1.90 bits per heavy atom. The highest BCUT2D eigenvalue weighted by Gasteiger charge is 2.25. The second-order valence-electron chi connectivity index (χ2n) is 8.15. The van der Waals surface area contributed by atoms with Crippen LogP contribution in [0.15, 0.2) is 42.6 Å². The summed E-state index contributed by atoms with van der Waals surface area (Å²) in [4.78, 5) is 11.4. The maximum atomic E-state index is 11.4. The molecule has 4 rings (SSSR count). The van der Waals surface area contributed by atoms with Crippen molar-refractivity contribution in [2.75, 3.05) is 0 Å². The van der Waals surface area contributed by atoms with E-state index >= 15 is 0 Å². The molecule has 1 atom stereocenters. The van der Waals surface area contributed by atoms with Crippen LogP contribution < -0.4 is 0 Å². The molecule has 0 amide bonds. The van der Waals surface area contributed by atoms with Crippen molar-refractivity contribution < 1.29 is 9.90 Å². The van der Waals surface area contributed by atoms with Crippen LogP contribution in [0.1, 0.15) is 50.5 Å². The Morgan fingerprint density at radius 3 is 2.59 bits per heavy atom. The Balaban J connectivity index is 1.83. The van der Waals surface area contributed by atoms with Crippen molar-refractivity contribution in [3.63, 3.8) is 0 Å². The summed E-state index contributed by atoms with van der Waals surface area (Å²) in [5.74, 6) is 0.211. The van der Waals surface area contributed by atoms with Crippen molar-refractivity contribution in [3.05, 3.63) is 58.2 Å². The lowest BCUT2D eigenvalue weighted by molar-refractivity contribution is -0.137. The zero-order valence-corrected chi connectivity index (χ0v) is 18.0. The molecular weight excluding hydrogens is 405 g/mol. The van der Waals surface area contributed by atoms with Gasteiger partial charge in [-0.05, 0) is 60.1 Å². The minimum atomic E-state index is -0.830. The van der Waals surface area contributed by atoms with E-state index in [-0.39, 0.29) is 6.54 Å². The molecule has 1 unspecified atom stereocenters. The monoisotopic (exact) mass is 429 g/mol. The standard InChI is InChI=1S/C24H25Cl2NO2/c1-15(16-5-3-2-4-6-16)21-13-27(14-24(28)29)23-10-7-17(11-20(21)23)19-9-8-18(25)12-22(19)26/h7-13,15-16H,2-6,14H2,1H3,(H,28,29). The lowest BCUT2D eigenvalue weighted by atomic mass is 9.77. The van der Waals surface area contributed by atoms with Crippen LogP contribution in [0, 0.1) is 5.92 Å². The fourth-order valence-electron chi connectivity index (χ4n) is 4.74. The van der Waals surface area contributed by atoms with Gasteiger partial charge in [0.15, 0.2) is 0 Å². The third-order valence-corrected chi connectivity index (χ3v) is 6.85. The molecule has 29 heavy (non-hydrogen) atoms. The Hall–Kier alpha value is -1.97. The number of benzene rings is 2. The lowest BCUT2D eigenvalue weighted by Crippen LogP contribution is -2.13. The van der Waals surface area contributed by atoms with Gasteiger partial charge < -0.3 is 9.67 Å². The van der Waals surface area contributed by atoms with Gasteiger partial charge in [0.2, 0.25) is 0 Å². The number of halogens is 2. The Bertz CT molecular complexity index is 1050. The molecule has 1 aliphatic rings. The van der Waals surface area contributed by atoms with Gasteiger partial charge in [0.25, 0.3) is 0 Å². The van der Waals surface area contributed by atoms with Crippen molar-refractivity contribution >= 4 is 40.1 Å². The largest absolute Gasteiger partial charge is 0.480 e. The number of nitrogens with zero attached hydrogens (tertiary/aromatic N) is 1. The quantitative estimate of drug-likeness (QED) is 0.459. The van der Waals surface area contributed by atoms with Crippen LogP contribution in [0.2, 0.25) is 10.0 Å². The Labute approximate surface area is 181 Å². The van der Waals surface area contributed by atoms with E-state index in [0.717, 1.165) is 22.0 Å². The second-order valence-corrected chi connectivity index (χ2v) is 8.99. The summed E-state index contributed by atoms with van der Waals surface area (Å²) >= 11 is 12.5. The summed E-state index contributed by atoms with van der Waals surface area (Å²) in [6, 6.07) is 11.7. The van der Waals surface area contributed by atoms with Gasteiger partial charge in [-0.15, -0.1) is 0 Å². The predicted octanol–water partition coefficient (Wildman–Crippen LogP) is 7.38. The lowest BCUT2D eigenvalue weighted by Gasteiger charge is -2.27. The van der Waals surface area contributed by atoms with Crippen LogP contribution in [0.3, 0.4) is 0 Å². The first-order valence-corrected chi connectivity index (χ1v) is 11.0. The number of aliphatic carboxylic acids is 1. The highest BCUT2D eigenvalue weighted by Crippen LogP contribution is 2.41. The zero-order chi connectivity index (χ0) is 20.5. The van der Waals surface area contributed by atoms with Gasteiger partial charge in [-0.3, -0.25) is 4.79 Å². The molecule has 1 aromatic heterocycles. The predicted molar refractivity (Wildman–Crippen MR) is 120 cm³/mol. The van der Waals surface area contributed by atoms with E-state index in [1.807, 2.05) is 35.0 Å². The molecule has 0 bridgehead atoms. The Morgan fingerprint density at radius 1 is 1.14 bits per heavy atom. The SMILES string of the molecule is CC(c1cn(CC(=O)O)c2ccc(-c3ccc(Cl)cc3Cl)cc12)C1CCCCC1. The average molecular weight is 430 g/mol. The number of carboxylic acid groups (broad SMARTS) is 1. The first-order valence-electron chi connectivity index (χ1n) is 10.2. The minimum absolute atomic E-state index is 0.0328. The summed E-state index contributed by atoms with van der Waals surface area (Å²) in [5.41, 5.74) is 4.14. The van der Waals surface area contributed by atoms with Crippen LogP contribution in [0.25, 0.3) is 22.0 Å². The number of hydrogen-bond acceptors (Lipinski definition) is 1. The number of rotatable bonds is 5. The average Bonchev–Trinajstić information content (AvgIpc) is 3.05. The molecule has 1 N–H and O–H groups in total. The fraction of sp³-hybridized carbons (Fsp3) is 0.375. The molecule has 5 heteroatoms. The van der Waals surface area contributed by atoms with Crippen molar-refractivity contribution in [2.24, 2.45) is 5.92 Å². The molecule has 1 saturated carbocycles. The number of carbonyl (C=O) groups is 1. The van der Waals surface area contributed by atoms with Crippen LogP contribution >= 0.6 is 23.2 Å². The topological polar surface area (TPSA) is 42.2 Å². The third kappa shape index (κ3) is 4.17. The molecule has 0 radical (unpaired) electrons. The smallest absolute Gasteiger partial charge is 0.323 e. The molecule has 0 spiro atoms. The summed E-state index contributed by atoms with van der Waals surface area (Å²) in [7, 11) is 0. The van der Waals surface area contributed by atoms with Gasteiger partial charge in [-0.25, -0.2) is 0 Å². The van der Waals surface area contributed by atoms with E-state index in [1.54, 1.807) is 6.07 Å². The maximum Gasteiger partial charge on any atom is 0.323 e. The Kier molecular flexibility index (Phi) is 5.89. The number of hydrogen-bond donors (Lipinski definition) is 1. The van der Waals surface area contributed by atoms with Crippen LogP contribution in [-0.4, -0.2) is 15.6 Å². The van der Waals surface area contributed by atoms with Crippen molar-refractivity contribution in [3.8, 4) is 11.1 Å². The first-order chi connectivity index (χ1) is 13.9. The van der Waals surface area contributed by atoms with Gasteiger partial charge in [0.1, 0.15) is 6.54 Å². The molecule has 0 aliphatic heterocycles. The van der Waals surface area contributed by atoms with Gasteiger partial charge in [0.05, 0.1) is 0 Å². The van der Waals surface area contributed by atoms with Crippen LogP contribution in [0.4, 0.5) is 0 Å². The van der Waals surface area contributed by atoms with E-state index in [4.69, 9.17) is 23.2 Å². The van der Waals surface area contributed by atoms with E-state index in [2.05, 4.69) is 13.0 Å². The van der Waals surface area contributed by atoms with E-state index < -0.39 is 5.97 Å². The summed E-state index contributed by atoms with van der Waals surface area (Å²) in [5, 5.41) is 11.7. The molecule has 1 heterocycles. The van der Waals surface area contributed by atoms with Gasteiger partial charge in [-0.1, -0.05) is 61.5 Å². The molecule has 1 fully saturated rings. The highest BCUT2D eigenvalue weighted by molar-refractivity contribution is 6.36. The first kappa shape index (κ1) is 20.3. The normalized spacial score (nSPS) is 16.2. The van der Waals surface area contributed by atoms with Crippen LogP contribution in [-0.2, 0) is 11.3 Å². The zero-order valence-electron chi connectivity index (χ0n) is 16.5. The second kappa shape index (κ2) is 8.41. The van der Waals surface area contributed by atoms with E-state index in [1.165, 1.54) is 37.7 Å². The summed E-state index contributed by atoms with van der Waals surface area (Å²) in [6.45, 7) is 2.26. The van der Waals surface area contributed by atoms with Crippen molar-refractivity contribution in [1.82, 2.24) is 4.57 Å². The molecule has 3 aromatic rings. The van der Waals surface area contributed by atoms with E-state index in [0.29, 0.717) is 21.9 Å². The summed E-state index contributed by atoms with van der Waals surface area (Å²) < 4.78 is 1.86. The molecule has 0 saturated heterocycles. The van der Waals surface area contributed by atoms with Crippen molar-refractivity contribution in [2.45, 2.75) is 51.5 Å². The van der Waals surface area contributed by atoms with Gasteiger partial charge >= 0.3 is 5.97 Å². The van der Waals surface area contributed by atoms with Crippen LogP contribution in [0.5, 0.6) is 0 Å². The number of aromatic nitrogens is 1. The third-order valence-electron chi connectivity index (χ3n) is 6.31. The molecular formula is C24H25Cl2NO2. The molecule has 152 valence electrons. The highest BCUT2D eigenvalue weighted by atomic mass is 35.5. The molecule has 3 nitrogen and oxygen atoms in total. The minimum Gasteiger partial charge on any atom is -0.480 e. The summed E-state index contributed by atoms with van der Waals surface area (Å²) in [6.07, 6.45) is 8.43. The van der Waals surface area contributed by atoms with E-state index in [9.17, 15) is 9.90 Å². The molecule has 2 aromatic carbocycles.